The molecule has 0 aliphatic carbocycles. The number of hydrogen-bond acceptors (Lipinski definition) is 1. The minimum atomic E-state index is 0.346. The van der Waals surface area contributed by atoms with E-state index in [-0.39, 0.29) is 0 Å². The zero-order valence-electron chi connectivity index (χ0n) is 10.5. The smallest absolute Gasteiger partial charge is 0.125 e. The van der Waals surface area contributed by atoms with Gasteiger partial charge in [0, 0.05) is 11.6 Å². The van der Waals surface area contributed by atoms with Crippen molar-refractivity contribution in [2.24, 2.45) is 0 Å². The van der Waals surface area contributed by atoms with Crippen molar-refractivity contribution in [2.75, 3.05) is 0 Å². The van der Waals surface area contributed by atoms with E-state index in [0.717, 1.165) is 27.4 Å². The number of alkyl halides is 1. The second-order valence-corrected chi connectivity index (χ2v) is 5.59. The zero-order chi connectivity index (χ0) is 14.1. The van der Waals surface area contributed by atoms with Crippen LogP contribution in [-0.4, -0.2) is 9.55 Å². The summed E-state index contributed by atoms with van der Waals surface area (Å²) in [7, 11) is 0. The standard InChI is InChI=1S/C15H11Cl3N2/c16-8-14-19-13-3-1-2-12(18)15(13)20(14)9-10-4-6-11(17)7-5-10/h1-7H,8-9H2. The minimum absolute atomic E-state index is 0.346. The molecule has 5 heteroatoms. The molecule has 20 heavy (non-hydrogen) atoms. The van der Waals surface area contributed by atoms with E-state index in [1.807, 2.05) is 47.0 Å². The summed E-state index contributed by atoms with van der Waals surface area (Å²) in [6.45, 7) is 0.666. The lowest BCUT2D eigenvalue weighted by atomic mass is 10.2. The van der Waals surface area contributed by atoms with Crippen LogP contribution < -0.4 is 0 Å². The Bertz CT molecular complexity index is 748. The Labute approximate surface area is 131 Å². The Morgan fingerprint density at radius 2 is 1.75 bits per heavy atom. The van der Waals surface area contributed by atoms with Gasteiger partial charge >= 0.3 is 0 Å². The second kappa shape index (κ2) is 5.65. The highest BCUT2D eigenvalue weighted by atomic mass is 35.5. The van der Waals surface area contributed by atoms with Crippen LogP contribution in [0.15, 0.2) is 42.5 Å². The third-order valence-corrected chi connectivity index (χ3v) is 3.97. The predicted molar refractivity (Wildman–Crippen MR) is 84.9 cm³/mol. The molecule has 0 radical (unpaired) electrons. The number of nitrogens with zero attached hydrogens (tertiary/aromatic N) is 2. The number of aromatic nitrogens is 2. The molecular formula is C15H11Cl3N2. The van der Waals surface area contributed by atoms with E-state index in [0.29, 0.717) is 17.4 Å². The fraction of sp³-hybridized carbons (Fsp3) is 0.133. The molecule has 0 bridgehead atoms. The van der Waals surface area contributed by atoms with Crippen LogP contribution in [0.2, 0.25) is 10.0 Å². The van der Waals surface area contributed by atoms with Crippen molar-refractivity contribution >= 4 is 45.8 Å². The highest BCUT2D eigenvalue weighted by Crippen LogP contribution is 2.26. The summed E-state index contributed by atoms with van der Waals surface area (Å²) in [5, 5.41) is 1.40. The number of imidazole rings is 1. The third kappa shape index (κ3) is 2.51. The van der Waals surface area contributed by atoms with Crippen molar-refractivity contribution < 1.29 is 0 Å². The van der Waals surface area contributed by atoms with E-state index in [4.69, 9.17) is 34.8 Å². The number of hydrogen-bond donors (Lipinski definition) is 0. The van der Waals surface area contributed by atoms with E-state index in [9.17, 15) is 0 Å². The molecule has 0 unspecified atom stereocenters. The molecule has 3 aromatic rings. The fourth-order valence-corrected chi connectivity index (χ4v) is 2.84. The molecule has 0 saturated heterocycles. The summed E-state index contributed by atoms with van der Waals surface area (Å²) in [5.74, 6) is 1.16. The van der Waals surface area contributed by atoms with Crippen LogP contribution in [0.3, 0.4) is 0 Å². The third-order valence-electron chi connectivity index (χ3n) is 3.17. The highest BCUT2D eigenvalue weighted by molar-refractivity contribution is 6.35. The summed E-state index contributed by atoms with van der Waals surface area (Å²) in [6.07, 6.45) is 0. The first-order valence-corrected chi connectivity index (χ1v) is 7.42. The Morgan fingerprint density at radius 3 is 2.45 bits per heavy atom. The lowest BCUT2D eigenvalue weighted by Crippen LogP contribution is -2.04. The van der Waals surface area contributed by atoms with Gasteiger partial charge in [0.05, 0.1) is 21.9 Å². The van der Waals surface area contributed by atoms with Gasteiger partial charge in [-0.25, -0.2) is 4.98 Å². The van der Waals surface area contributed by atoms with Crippen molar-refractivity contribution in [3.05, 3.63) is 63.9 Å². The Balaban J connectivity index is 2.11. The summed E-state index contributed by atoms with van der Waals surface area (Å²) < 4.78 is 2.05. The van der Waals surface area contributed by atoms with Crippen LogP contribution >= 0.6 is 34.8 Å². The van der Waals surface area contributed by atoms with Gasteiger partial charge in [0.1, 0.15) is 5.82 Å². The maximum atomic E-state index is 6.30. The minimum Gasteiger partial charge on any atom is -0.321 e. The van der Waals surface area contributed by atoms with Gasteiger partial charge in [-0.2, -0.15) is 0 Å². The number of fused-ring (bicyclic) bond motifs is 1. The van der Waals surface area contributed by atoms with Gasteiger partial charge in [0.15, 0.2) is 0 Å². The molecule has 3 rings (SSSR count). The summed E-state index contributed by atoms with van der Waals surface area (Å²) in [4.78, 5) is 4.53. The first kappa shape index (κ1) is 13.7. The van der Waals surface area contributed by atoms with Crippen molar-refractivity contribution in [1.29, 1.82) is 0 Å². The predicted octanol–water partition coefficient (Wildman–Crippen LogP) is 5.13. The van der Waals surface area contributed by atoms with Gasteiger partial charge in [-0.05, 0) is 29.8 Å². The van der Waals surface area contributed by atoms with Crippen molar-refractivity contribution in [1.82, 2.24) is 9.55 Å². The van der Waals surface area contributed by atoms with E-state index in [1.165, 1.54) is 0 Å². The zero-order valence-corrected chi connectivity index (χ0v) is 12.8. The second-order valence-electron chi connectivity index (χ2n) is 4.48. The highest BCUT2D eigenvalue weighted by Gasteiger charge is 2.12. The molecule has 2 aromatic carbocycles. The molecule has 0 saturated carbocycles. The molecular weight excluding hydrogens is 315 g/mol. The molecule has 0 atom stereocenters. The van der Waals surface area contributed by atoms with Gasteiger partial charge in [-0.1, -0.05) is 41.4 Å². The Morgan fingerprint density at radius 1 is 1.00 bits per heavy atom. The summed E-state index contributed by atoms with van der Waals surface area (Å²) in [6, 6.07) is 13.4. The molecule has 0 aliphatic heterocycles. The maximum absolute atomic E-state index is 6.30. The number of halogens is 3. The van der Waals surface area contributed by atoms with Gasteiger partial charge in [-0.3, -0.25) is 0 Å². The van der Waals surface area contributed by atoms with E-state index in [2.05, 4.69) is 4.98 Å². The first-order chi connectivity index (χ1) is 9.69. The number of para-hydroxylation sites is 1. The average Bonchev–Trinajstić information content (AvgIpc) is 2.81. The Kier molecular flexibility index (Phi) is 3.88. The molecule has 102 valence electrons. The lowest BCUT2D eigenvalue weighted by Gasteiger charge is -2.09. The molecule has 0 aliphatic rings. The summed E-state index contributed by atoms with van der Waals surface area (Å²) >= 11 is 18.2. The molecule has 0 amide bonds. The first-order valence-electron chi connectivity index (χ1n) is 6.13. The summed E-state index contributed by atoms with van der Waals surface area (Å²) in [5.41, 5.74) is 2.90. The van der Waals surface area contributed by atoms with Crippen LogP contribution in [0.5, 0.6) is 0 Å². The van der Waals surface area contributed by atoms with Crippen LogP contribution in [0.1, 0.15) is 11.4 Å². The van der Waals surface area contributed by atoms with Crippen LogP contribution in [0.25, 0.3) is 11.0 Å². The molecule has 1 heterocycles. The Hall–Kier alpha value is -1.22. The van der Waals surface area contributed by atoms with Crippen molar-refractivity contribution in [3.63, 3.8) is 0 Å². The molecule has 1 aromatic heterocycles. The van der Waals surface area contributed by atoms with Crippen LogP contribution in [-0.2, 0) is 12.4 Å². The lowest BCUT2D eigenvalue weighted by molar-refractivity contribution is 0.779. The van der Waals surface area contributed by atoms with Gasteiger partial charge < -0.3 is 4.57 Å². The van der Waals surface area contributed by atoms with E-state index >= 15 is 0 Å². The monoisotopic (exact) mass is 324 g/mol. The largest absolute Gasteiger partial charge is 0.321 e. The number of rotatable bonds is 3. The van der Waals surface area contributed by atoms with Crippen molar-refractivity contribution in [2.45, 2.75) is 12.4 Å². The molecule has 0 fully saturated rings. The van der Waals surface area contributed by atoms with E-state index in [1.54, 1.807) is 0 Å². The molecule has 0 spiro atoms. The topological polar surface area (TPSA) is 17.8 Å². The van der Waals surface area contributed by atoms with Crippen LogP contribution in [0.4, 0.5) is 0 Å². The van der Waals surface area contributed by atoms with Gasteiger partial charge in [-0.15, -0.1) is 11.6 Å². The SMILES string of the molecule is ClCc1nc2cccc(Cl)c2n1Cc1ccc(Cl)cc1. The number of benzene rings is 2. The average molecular weight is 326 g/mol. The maximum Gasteiger partial charge on any atom is 0.125 e. The van der Waals surface area contributed by atoms with Gasteiger partial charge in [0.2, 0.25) is 0 Å². The molecule has 2 nitrogen and oxygen atoms in total. The fourth-order valence-electron chi connectivity index (χ4n) is 2.23. The molecule has 0 N–H and O–H groups in total. The van der Waals surface area contributed by atoms with Crippen molar-refractivity contribution in [3.8, 4) is 0 Å². The van der Waals surface area contributed by atoms with Crippen LogP contribution in [0, 0.1) is 0 Å². The van der Waals surface area contributed by atoms with Gasteiger partial charge in [0.25, 0.3) is 0 Å². The normalized spacial score (nSPS) is 11.2. The van der Waals surface area contributed by atoms with E-state index < -0.39 is 0 Å². The quantitative estimate of drug-likeness (QED) is 0.610.